The number of nitrogens with zero attached hydrogens (tertiary/aromatic N) is 2. The molecule has 0 aromatic carbocycles. The highest BCUT2D eigenvalue weighted by molar-refractivity contribution is 5.95. The number of hydrogen-bond acceptors (Lipinski definition) is 4. The van der Waals surface area contributed by atoms with Gasteiger partial charge in [0.05, 0.1) is 13.0 Å². The standard InChI is InChI=1S/C19H26N2O3/c1-24-19(23)15-11-9-14(10-12-15)18(22)21(16-6-2-3-7-16)17-8-4-5-13-20-17/h4-5,8,13-16H,2-3,6-7,9-12H2,1H3. The molecule has 0 bridgehead atoms. The van der Waals surface area contributed by atoms with Gasteiger partial charge in [0.2, 0.25) is 5.91 Å². The summed E-state index contributed by atoms with van der Waals surface area (Å²) in [6.45, 7) is 0. The fourth-order valence-electron chi connectivity index (χ4n) is 4.08. The lowest BCUT2D eigenvalue weighted by molar-refractivity contribution is -0.147. The Morgan fingerprint density at radius 1 is 1.04 bits per heavy atom. The Bertz CT molecular complexity index is 561. The highest BCUT2D eigenvalue weighted by atomic mass is 16.5. The number of methoxy groups -OCH3 is 1. The molecule has 0 N–H and O–H groups in total. The summed E-state index contributed by atoms with van der Waals surface area (Å²) in [4.78, 5) is 31.2. The average molecular weight is 330 g/mol. The molecule has 3 rings (SSSR count). The molecule has 2 aliphatic carbocycles. The summed E-state index contributed by atoms with van der Waals surface area (Å²) in [5, 5.41) is 0. The van der Waals surface area contributed by atoms with Gasteiger partial charge in [-0.05, 0) is 50.7 Å². The number of amides is 1. The number of rotatable bonds is 4. The van der Waals surface area contributed by atoms with Crippen LogP contribution in [0.15, 0.2) is 24.4 Å². The molecule has 130 valence electrons. The first kappa shape index (κ1) is 16.9. The Kier molecular flexibility index (Phi) is 5.48. The predicted molar refractivity (Wildman–Crippen MR) is 91.4 cm³/mol. The van der Waals surface area contributed by atoms with Crippen molar-refractivity contribution in [3.63, 3.8) is 0 Å². The molecule has 5 heteroatoms. The normalized spacial score (nSPS) is 24.5. The van der Waals surface area contributed by atoms with E-state index in [-0.39, 0.29) is 29.8 Å². The molecule has 0 aliphatic heterocycles. The fourth-order valence-corrected chi connectivity index (χ4v) is 4.08. The Balaban J connectivity index is 1.71. The molecule has 2 aliphatic rings. The number of pyridine rings is 1. The third-order valence-electron chi connectivity index (χ3n) is 5.43. The molecular weight excluding hydrogens is 304 g/mol. The molecule has 2 saturated carbocycles. The van der Waals surface area contributed by atoms with E-state index in [0.717, 1.165) is 44.3 Å². The number of carbonyl (C=O) groups is 2. The highest BCUT2D eigenvalue weighted by Crippen LogP contribution is 2.34. The fraction of sp³-hybridized carbons (Fsp3) is 0.632. The van der Waals surface area contributed by atoms with Gasteiger partial charge in [-0.3, -0.25) is 14.5 Å². The van der Waals surface area contributed by atoms with Gasteiger partial charge in [0.15, 0.2) is 0 Å². The summed E-state index contributed by atoms with van der Waals surface area (Å²) in [6, 6.07) is 6.01. The maximum atomic E-state index is 13.2. The Morgan fingerprint density at radius 3 is 2.29 bits per heavy atom. The van der Waals surface area contributed by atoms with Gasteiger partial charge < -0.3 is 4.74 Å². The van der Waals surface area contributed by atoms with E-state index in [4.69, 9.17) is 4.74 Å². The molecular formula is C19H26N2O3. The van der Waals surface area contributed by atoms with Crippen LogP contribution in [-0.2, 0) is 14.3 Å². The molecule has 5 nitrogen and oxygen atoms in total. The van der Waals surface area contributed by atoms with Crippen molar-refractivity contribution in [3.8, 4) is 0 Å². The predicted octanol–water partition coefficient (Wildman–Crippen LogP) is 3.34. The Morgan fingerprint density at radius 2 is 1.71 bits per heavy atom. The number of anilines is 1. The van der Waals surface area contributed by atoms with Crippen LogP contribution in [0, 0.1) is 11.8 Å². The summed E-state index contributed by atoms with van der Waals surface area (Å²) < 4.78 is 4.84. The summed E-state index contributed by atoms with van der Waals surface area (Å²) in [5.74, 6) is 0.758. The molecule has 0 unspecified atom stereocenters. The van der Waals surface area contributed by atoms with E-state index in [1.807, 2.05) is 23.1 Å². The number of esters is 1. The van der Waals surface area contributed by atoms with Gasteiger partial charge in [-0.2, -0.15) is 0 Å². The van der Waals surface area contributed by atoms with Gasteiger partial charge in [0.25, 0.3) is 0 Å². The van der Waals surface area contributed by atoms with Crippen molar-refractivity contribution in [2.24, 2.45) is 11.8 Å². The first-order valence-electron chi connectivity index (χ1n) is 9.02. The number of aromatic nitrogens is 1. The summed E-state index contributed by atoms with van der Waals surface area (Å²) in [5.41, 5.74) is 0. The van der Waals surface area contributed by atoms with Crippen LogP contribution in [0.2, 0.25) is 0 Å². The summed E-state index contributed by atoms with van der Waals surface area (Å²) in [7, 11) is 1.43. The quantitative estimate of drug-likeness (QED) is 0.795. The van der Waals surface area contributed by atoms with Crippen molar-refractivity contribution in [2.45, 2.75) is 57.4 Å². The van der Waals surface area contributed by atoms with E-state index in [2.05, 4.69) is 4.98 Å². The highest BCUT2D eigenvalue weighted by Gasteiger charge is 2.36. The number of carbonyl (C=O) groups excluding carboxylic acids is 2. The van der Waals surface area contributed by atoms with Gasteiger partial charge in [-0.1, -0.05) is 18.9 Å². The topological polar surface area (TPSA) is 59.5 Å². The minimum atomic E-state index is -0.140. The van der Waals surface area contributed by atoms with Gasteiger partial charge in [-0.15, -0.1) is 0 Å². The lowest BCUT2D eigenvalue weighted by Crippen LogP contribution is -2.44. The van der Waals surface area contributed by atoms with Crippen LogP contribution in [0.25, 0.3) is 0 Å². The first-order chi connectivity index (χ1) is 11.7. The molecule has 0 spiro atoms. The zero-order valence-corrected chi connectivity index (χ0v) is 14.3. The molecule has 0 radical (unpaired) electrons. The molecule has 1 amide bonds. The first-order valence-corrected chi connectivity index (χ1v) is 9.02. The van der Waals surface area contributed by atoms with Gasteiger partial charge in [-0.25, -0.2) is 4.98 Å². The van der Waals surface area contributed by atoms with Crippen molar-refractivity contribution in [1.29, 1.82) is 0 Å². The van der Waals surface area contributed by atoms with Crippen molar-refractivity contribution < 1.29 is 14.3 Å². The van der Waals surface area contributed by atoms with Crippen LogP contribution in [0.5, 0.6) is 0 Å². The van der Waals surface area contributed by atoms with Crippen LogP contribution in [0.4, 0.5) is 5.82 Å². The monoisotopic (exact) mass is 330 g/mol. The average Bonchev–Trinajstić information content (AvgIpc) is 3.16. The van der Waals surface area contributed by atoms with Crippen LogP contribution >= 0.6 is 0 Å². The zero-order valence-electron chi connectivity index (χ0n) is 14.3. The molecule has 24 heavy (non-hydrogen) atoms. The maximum Gasteiger partial charge on any atom is 0.308 e. The van der Waals surface area contributed by atoms with Crippen LogP contribution < -0.4 is 4.90 Å². The van der Waals surface area contributed by atoms with Gasteiger partial charge in [0.1, 0.15) is 5.82 Å². The van der Waals surface area contributed by atoms with E-state index in [9.17, 15) is 9.59 Å². The van der Waals surface area contributed by atoms with Crippen LogP contribution in [0.1, 0.15) is 51.4 Å². The van der Waals surface area contributed by atoms with E-state index >= 15 is 0 Å². The molecule has 1 aromatic heterocycles. The molecule has 0 atom stereocenters. The SMILES string of the molecule is COC(=O)C1CCC(C(=O)N(c2ccccn2)C2CCCC2)CC1. The molecule has 2 fully saturated rings. The van der Waals surface area contributed by atoms with Crippen molar-refractivity contribution in [3.05, 3.63) is 24.4 Å². The third-order valence-corrected chi connectivity index (χ3v) is 5.43. The number of ether oxygens (including phenoxy) is 1. The minimum Gasteiger partial charge on any atom is -0.469 e. The molecule has 0 saturated heterocycles. The van der Waals surface area contributed by atoms with E-state index in [0.29, 0.717) is 0 Å². The Hall–Kier alpha value is -1.91. The maximum absolute atomic E-state index is 13.2. The summed E-state index contributed by atoms with van der Waals surface area (Å²) >= 11 is 0. The van der Waals surface area contributed by atoms with E-state index in [1.165, 1.54) is 20.0 Å². The van der Waals surface area contributed by atoms with Crippen LogP contribution in [0.3, 0.4) is 0 Å². The van der Waals surface area contributed by atoms with Crippen LogP contribution in [-0.4, -0.2) is 30.0 Å². The largest absolute Gasteiger partial charge is 0.469 e. The second-order valence-corrected chi connectivity index (χ2v) is 6.91. The lowest BCUT2D eigenvalue weighted by atomic mass is 9.81. The second-order valence-electron chi connectivity index (χ2n) is 6.91. The van der Waals surface area contributed by atoms with Crippen molar-refractivity contribution in [1.82, 2.24) is 4.98 Å². The second kappa shape index (κ2) is 7.77. The third kappa shape index (κ3) is 3.60. The van der Waals surface area contributed by atoms with Gasteiger partial charge >= 0.3 is 5.97 Å². The number of hydrogen-bond donors (Lipinski definition) is 0. The minimum absolute atomic E-state index is 0.00601. The van der Waals surface area contributed by atoms with Gasteiger partial charge in [0, 0.05) is 18.2 Å². The molecule has 1 aromatic rings. The van der Waals surface area contributed by atoms with Crippen molar-refractivity contribution >= 4 is 17.7 Å². The van der Waals surface area contributed by atoms with Crippen molar-refractivity contribution in [2.75, 3.05) is 12.0 Å². The van der Waals surface area contributed by atoms with E-state index in [1.54, 1.807) is 6.20 Å². The molecule has 1 heterocycles. The van der Waals surface area contributed by atoms with E-state index < -0.39 is 0 Å². The lowest BCUT2D eigenvalue weighted by Gasteiger charge is -2.34. The Labute approximate surface area is 143 Å². The summed E-state index contributed by atoms with van der Waals surface area (Å²) in [6.07, 6.45) is 9.21. The zero-order chi connectivity index (χ0) is 16.9. The smallest absolute Gasteiger partial charge is 0.308 e.